The van der Waals surface area contributed by atoms with Gasteiger partial charge >= 0.3 is 5.97 Å². The number of ketones is 1. The molecule has 4 aliphatic rings. The highest BCUT2D eigenvalue weighted by atomic mass is 16.5. The Balaban J connectivity index is 1.82. The smallest absolute Gasteiger partial charge is 0.311 e. The molecule has 138 valence electrons. The lowest BCUT2D eigenvalue weighted by atomic mass is 9.40. The van der Waals surface area contributed by atoms with Gasteiger partial charge in [-0.15, -0.1) is 0 Å². The Kier molecular flexibility index (Phi) is 3.58. The van der Waals surface area contributed by atoms with Gasteiger partial charge in [0.25, 0.3) is 0 Å². The number of fused-ring (bicyclic) bond motifs is 3. The Morgan fingerprint density at radius 2 is 1.96 bits per heavy atom. The molecule has 1 spiro atoms. The molecule has 4 rings (SSSR count). The van der Waals surface area contributed by atoms with Gasteiger partial charge in [0.05, 0.1) is 24.0 Å². The van der Waals surface area contributed by atoms with E-state index in [9.17, 15) is 14.7 Å². The molecule has 1 N–H and O–H groups in total. The molecule has 2 bridgehead atoms. The largest absolute Gasteiger partial charge is 0.469 e. The highest BCUT2D eigenvalue weighted by Crippen LogP contribution is 2.71. The van der Waals surface area contributed by atoms with E-state index < -0.39 is 16.9 Å². The molecule has 0 saturated heterocycles. The van der Waals surface area contributed by atoms with Crippen LogP contribution in [0.25, 0.3) is 0 Å². The minimum atomic E-state index is -0.674. The van der Waals surface area contributed by atoms with Crippen molar-refractivity contribution < 1.29 is 19.4 Å². The number of allylic oxidation sites excluding steroid dienone is 1. The molecule has 4 fully saturated rings. The molecular weight excluding hydrogens is 316 g/mol. The fraction of sp³-hybridized carbons (Fsp3) is 0.810. The lowest BCUT2D eigenvalue weighted by molar-refractivity contribution is -0.208. The van der Waals surface area contributed by atoms with E-state index in [0.29, 0.717) is 6.42 Å². The van der Waals surface area contributed by atoms with E-state index >= 15 is 0 Å². The second-order valence-electron chi connectivity index (χ2n) is 9.50. The summed E-state index contributed by atoms with van der Waals surface area (Å²) in [7, 11) is 1.45. The van der Waals surface area contributed by atoms with E-state index in [1.165, 1.54) is 7.11 Å². The third kappa shape index (κ3) is 1.87. The monoisotopic (exact) mass is 346 g/mol. The van der Waals surface area contributed by atoms with Crippen molar-refractivity contribution in [2.24, 2.45) is 34.0 Å². The van der Waals surface area contributed by atoms with Crippen LogP contribution in [0.1, 0.15) is 58.8 Å². The van der Waals surface area contributed by atoms with Gasteiger partial charge in [0.15, 0.2) is 5.78 Å². The van der Waals surface area contributed by atoms with Crippen LogP contribution in [-0.2, 0) is 14.3 Å². The van der Waals surface area contributed by atoms with Crippen LogP contribution in [0.3, 0.4) is 0 Å². The minimum absolute atomic E-state index is 0.0602. The minimum Gasteiger partial charge on any atom is -0.469 e. The van der Waals surface area contributed by atoms with Gasteiger partial charge in [-0.05, 0) is 74.2 Å². The van der Waals surface area contributed by atoms with Crippen LogP contribution in [0.5, 0.6) is 0 Å². The van der Waals surface area contributed by atoms with Crippen molar-refractivity contribution in [3.63, 3.8) is 0 Å². The molecule has 25 heavy (non-hydrogen) atoms. The molecule has 0 aromatic rings. The zero-order valence-corrected chi connectivity index (χ0v) is 15.6. The van der Waals surface area contributed by atoms with Crippen LogP contribution in [-0.4, -0.2) is 30.1 Å². The fourth-order valence-corrected chi connectivity index (χ4v) is 7.52. The summed E-state index contributed by atoms with van der Waals surface area (Å²) in [5.74, 6) is 0.389. The maximum atomic E-state index is 13.2. The van der Waals surface area contributed by atoms with E-state index in [2.05, 4.69) is 13.5 Å². The molecule has 0 heterocycles. The number of aliphatic hydroxyl groups excluding tert-OH is 1. The fourth-order valence-electron chi connectivity index (χ4n) is 7.52. The van der Waals surface area contributed by atoms with Gasteiger partial charge in [0.2, 0.25) is 0 Å². The molecule has 0 amide bonds. The molecule has 0 aliphatic heterocycles. The molecular formula is C21H30O4. The number of hydrogen-bond acceptors (Lipinski definition) is 4. The molecule has 7 atom stereocenters. The predicted octanol–water partition coefficient (Wildman–Crippen LogP) is 3.28. The van der Waals surface area contributed by atoms with Gasteiger partial charge in [-0.3, -0.25) is 9.59 Å². The Morgan fingerprint density at radius 1 is 1.24 bits per heavy atom. The zero-order valence-electron chi connectivity index (χ0n) is 15.6. The number of aliphatic hydroxyl groups is 1. The standard InChI is InChI=1S/C21H30O4/c1-12-13-6-7-14-19(2)8-5-9-20(3,18(24)25-4)15(19)10-16(22)21(14,11-13)17(12)23/h13-16,22H,1,5-11H2,2-4H3. The van der Waals surface area contributed by atoms with Crippen molar-refractivity contribution in [2.75, 3.05) is 7.11 Å². The van der Waals surface area contributed by atoms with Crippen LogP contribution in [0, 0.1) is 34.0 Å². The molecule has 4 aliphatic carbocycles. The van der Waals surface area contributed by atoms with E-state index in [4.69, 9.17) is 4.74 Å². The van der Waals surface area contributed by atoms with Gasteiger partial charge in [-0.25, -0.2) is 0 Å². The summed E-state index contributed by atoms with van der Waals surface area (Å²) in [5, 5.41) is 11.2. The summed E-state index contributed by atoms with van der Waals surface area (Å²) >= 11 is 0. The van der Waals surface area contributed by atoms with Crippen molar-refractivity contribution in [3.8, 4) is 0 Å². The first kappa shape index (κ1) is 17.3. The molecule has 0 aromatic heterocycles. The van der Waals surface area contributed by atoms with Gasteiger partial charge in [-0.2, -0.15) is 0 Å². The Labute approximate surface area is 150 Å². The number of rotatable bonds is 1. The summed E-state index contributed by atoms with van der Waals surface area (Å²) in [6.07, 6.45) is 5.34. The number of methoxy groups -OCH3 is 1. The maximum Gasteiger partial charge on any atom is 0.311 e. The van der Waals surface area contributed by atoms with Crippen LogP contribution in [0.15, 0.2) is 12.2 Å². The molecule has 7 unspecified atom stereocenters. The first-order chi connectivity index (χ1) is 11.7. The normalized spacial score (nSPS) is 51.7. The Morgan fingerprint density at radius 3 is 2.64 bits per heavy atom. The average Bonchev–Trinajstić information content (AvgIpc) is 2.78. The first-order valence-corrected chi connectivity index (χ1v) is 9.72. The number of carbonyl (C=O) groups is 2. The van der Waals surface area contributed by atoms with Crippen LogP contribution in [0.2, 0.25) is 0 Å². The van der Waals surface area contributed by atoms with E-state index in [-0.39, 0.29) is 34.9 Å². The second-order valence-corrected chi connectivity index (χ2v) is 9.50. The van der Waals surface area contributed by atoms with Crippen molar-refractivity contribution in [1.29, 1.82) is 0 Å². The Hall–Kier alpha value is -1.16. The van der Waals surface area contributed by atoms with Crippen LogP contribution >= 0.6 is 0 Å². The number of hydrogen-bond donors (Lipinski definition) is 1. The summed E-state index contributed by atoms with van der Waals surface area (Å²) < 4.78 is 5.15. The summed E-state index contributed by atoms with van der Waals surface area (Å²) in [6.45, 7) is 8.34. The molecule has 4 nitrogen and oxygen atoms in total. The van der Waals surface area contributed by atoms with Gasteiger partial charge in [0, 0.05) is 0 Å². The topological polar surface area (TPSA) is 63.6 Å². The number of ether oxygens (including phenoxy) is 1. The molecule has 4 heteroatoms. The maximum absolute atomic E-state index is 13.2. The Bertz CT molecular complexity index is 654. The van der Waals surface area contributed by atoms with Gasteiger partial charge < -0.3 is 9.84 Å². The zero-order chi connectivity index (χ0) is 18.2. The number of carbonyl (C=O) groups excluding carboxylic acids is 2. The first-order valence-electron chi connectivity index (χ1n) is 9.72. The summed E-state index contributed by atoms with van der Waals surface area (Å²) in [4.78, 5) is 25.8. The van der Waals surface area contributed by atoms with E-state index in [0.717, 1.165) is 44.1 Å². The number of esters is 1. The second kappa shape index (κ2) is 5.18. The molecule has 0 radical (unpaired) electrons. The highest BCUT2D eigenvalue weighted by molar-refractivity contribution is 6.03. The van der Waals surface area contributed by atoms with Crippen LogP contribution < -0.4 is 0 Å². The highest BCUT2D eigenvalue weighted by Gasteiger charge is 2.71. The van der Waals surface area contributed by atoms with Gasteiger partial charge in [-0.1, -0.05) is 19.9 Å². The van der Waals surface area contributed by atoms with Crippen LogP contribution in [0.4, 0.5) is 0 Å². The lowest BCUT2D eigenvalue weighted by Gasteiger charge is -2.64. The average molecular weight is 346 g/mol. The summed E-state index contributed by atoms with van der Waals surface area (Å²) in [6, 6.07) is 0. The molecule has 0 aromatic carbocycles. The van der Waals surface area contributed by atoms with Gasteiger partial charge in [0.1, 0.15) is 0 Å². The lowest BCUT2D eigenvalue weighted by Crippen LogP contribution is -2.64. The van der Waals surface area contributed by atoms with E-state index in [1.807, 2.05) is 6.92 Å². The van der Waals surface area contributed by atoms with Crippen molar-refractivity contribution >= 4 is 11.8 Å². The summed E-state index contributed by atoms with van der Waals surface area (Å²) in [5.41, 5.74) is -0.597. The van der Waals surface area contributed by atoms with Crippen molar-refractivity contribution in [2.45, 2.75) is 64.9 Å². The van der Waals surface area contributed by atoms with Crippen molar-refractivity contribution in [3.05, 3.63) is 12.2 Å². The third-order valence-corrected chi connectivity index (χ3v) is 8.70. The quantitative estimate of drug-likeness (QED) is 0.585. The van der Waals surface area contributed by atoms with E-state index in [1.54, 1.807) is 0 Å². The SMILES string of the molecule is C=C1C(=O)C23CC1CCC2C1(C)CCCC(C)(C(=O)OC)C1CC3O. The van der Waals surface area contributed by atoms with Crippen molar-refractivity contribution in [1.82, 2.24) is 0 Å². The third-order valence-electron chi connectivity index (χ3n) is 8.70. The molecule has 4 saturated carbocycles. The number of Topliss-reactive ketones (excluding diaryl/α,β-unsaturated/α-hetero) is 1. The predicted molar refractivity (Wildman–Crippen MR) is 93.6 cm³/mol.